The van der Waals surface area contributed by atoms with Gasteiger partial charge < -0.3 is 22.1 Å². The lowest BCUT2D eigenvalue weighted by atomic mass is 10.1. The highest BCUT2D eigenvalue weighted by Gasteiger charge is 2.21. The van der Waals surface area contributed by atoms with Gasteiger partial charge in [-0.2, -0.15) is 0 Å². The third-order valence-corrected chi connectivity index (χ3v) is 4.93. The van der Waals surface area contributed by atoms with Gasteiger partial charge in [-0.15, -0.1) is 0 Å². The fourth-order valence-electron chi connectivity index (χ4n) is 2.88. The van der Waals surface area contributed by atoms with Gasteiger partial charge in [0.1, 0.15) is 11.5 Å². The number of anilines is 2. The molecule has 3 rings (SSSR count). The molecule has 0 aliphatic carbocycles. The Morgan fingerprint density at radius 2 is 1.92 bits per heavy atom. The van der Waals surface area contributed by atoms with E-state index in [-0.39, 0.29) is 12.0 Å². The summed E-state index contributed by atoms with van der Waals surface area (Å²) in [4.78, 5) is 15.3. The second-order valence-electron chi connectivity index (χ2n) is 5.84. The molecule has 0 spiro atoms. The number of rotatable bonds is 3. The van der Waals surface area contributed by atoms with Gasteiger partial charge in [-0.1, -0.05) is 35.3 Å². The van der Waals surface area contributed by atoms with Crippen LogP contribution in [-0.2, 0) is 0 Å². The van der Waals surface area contributed by atoms with Gasteiger partial charge in [-0.25, -0.2) is 9.97 Å². The van der Waals surface area contributed by atoms with Crippen molar-refractivity contribution in [3.63, 3.8) is 0 Å². The predicted octanol–water partition coefficient (Wildman–Crippen LogP) is 2.27. The molecule has 9 heteroatoms. The van der Waals surface area contributed by atoms with Gasteiger partial charge in [-0.05, 0) is 18.9 Å². The standard InChI is InChI=1S/C16H19Cl2N7/c17-11-3-1-2-10(13(11)18)14-15(19)24-12(8-22-14)25-6-4-9(5-7-25)23-16(20)21/h1-3,8-9H,4-7H2,(H2,19,24)(H4,20,21,23). The number of aromatic nitrogens is 2. The SMILES string of the molecule is NC(N)=NC1CCN(c2cnc(-c3cccc(Cl)c3Cl)c(N)n2)CC1. The van der Waals surface area contributed by atoms with Gasteiger partial charge >= 0.3 is 0 Å². The zero-order chi connectivity index (χ0) is 18.0. The van der Waals surface area contributed by atoms with E-state index in [4.69, 9.17) is 40.4 Å². The van der Waals surface area contributed by atoms with Crippen molar-refractivity contribution in [2.24, 2.45) is 16.5 Å². The van der Waals surface area contributed by atoms with E-state index >= 15 is 0 Å². The average Bonchev–Trinajstić information content (AvgIpc) is 2.58. The highest BCUT2D eigenvalue weighted by molar-refractivity contribution is 6.43. The number of benzene rings is 1. The van der Waals surface area contributed by atoms with E-state index < -0.39 is 0 Å². The smallest absolute Gasteiger partial charge is 0.186 e. The van der Waals surface area contributed by atoms with E-state index in [1.807, 2.05) is 6.07 Å². The van der Waals surface area contributed by atoms with Crippen molar-refractivity contribution in [2.75, 3.05) is 23.7 Å². The van der Waals surface area contributed by atoms with Crippen LogP contribution in [-0.4, -0.2) is 35.1 Å². The maximum atomic E-state index is 6.25. The summed E-state index contributed by atoms with van der Waals surface area (Å²) in [5.74, 6) is 1.17. The van der Waals surface area contributed by atoms with Crippen LogP contribution >= 0.6 is 23.2 Å². The number of hydrogen-bond donors (Lipinski definition) is 3. The lowest BCUT2D eigenvalue weighted by Crippen LogP contribution is -2.37. The summed E-state index contributed by atoms with van der Waals surface area (Å²) in [6.45, 7) is 1.57. The van der Waals surface area contributed by atoms with Gasteiger partial charge in [0.05, 0.1) is 22.3 Å². The topological polar surface area (TPSA) is 119 Å². The van der Waals surface area contributed by atoms with Crippen LogP contribution in [0.15, 0.2) is 29.4 Å². The van der Waals surface area contributed by atoms with E-state index in [0.717, 1.165) is 31.7 Å². The summed E-state index contributed by atoms with van der Waals surface area (Å²) >= 11 is 12.3. The van der Waals surface area contributed by atoms with Crippen LogP contribution in [0.1, 0.15) is 12.8 Å². The molecule has 1 aliphatic heterocycles. The second-order valence-corrected chi connectivity index (χ2v) is 6.62. The molecule has 132 valence electrons. The number of aliphatic imine (C=N–C) groups is 1. The highest BCUT2D eigenvalue weighted by atomic mass is 35.5. The molecule has 1 fully saturated rings. The van der Waals surface area contributed by atoms with Crippen LogP contribution in [0, 0.1) is 0 Å². The minimum atomic E-state index is 0.130. The summed E-state index contributed by atoms with van der Waals surface area (Å²) in [5, 5.41) is 0.863. The van der Waals surface area contributed by atoms with E-state index in [9.17, 15) is 0 Å². The number of halogens is 2. The second kappa shape index (κ2) is 7.33. The Morgan fingerprint density at radius 3 is 2.56 bits per heavy atom. The monoisotopic (exact) mass is 379 g/mol. The summed E-state index contributed by atoms with van der Waals surface area (Å²) in [6.07, 6.45) is 3.40. The van der Waals surface area contributed by atoms with Crippen molar-refractivity contribution in [1.82, 2.24) is 9.97 Å². The normalized spacial score (nSPS) is 15.2. The Balaban J connectivity index is 1.79. The Hall–Kier alpha value is -2.25. The molecule has 0 radical (unpaired) electrons. The summed E-state index contributed by atoms with van der Waals surface area (Å²) in [5.41, 5.74) is 18.2. The van der Waals surface area contributed by atoms with Crippen molar-refractivity contribution < 1.29 is 0 Å². The zero-order valence-electron chi connectivity index (χ0n) is 13.5. The van der Waals surface area contributed by atoms with E-state index in [1.54, 1.807) is 18.3 Å². The minimum absolute atomic E-state index is 0.130. The maximum Gasteiger partial charge on any atom is 0.186 e. The first kappa shape index (κ1) is 17.6. The zero-order valence-corrected chi connectivity index (χ0v) is 15.0. The van der Waals surface area contributed by atoms with Crippen molar-refractivity contribution in [3.8, 4) is 11.3 Å². The molecule has 6 N–H and O–H groups in total. The Kier molecular flexibility index (Phi) is 5.15. The minimum Gasteiger partial charge on any atom is -0.382 e. The maximum absolute atomic E-state index is 6.25. The molecule has 0 amide bonds. The molecule has 1 aromatic heterocycles. The third kappa shape index (κ3) is 3.88. The number of nitrogens with zero attached hydrogens (tertiary/aromatic N) is 4. The lowest BCUT2D eigenvalue weighted by molar-refractivity contribution is 0.500. The number of hydrogen-bond acceptors (Lipinski definition) is 5. The van der Waals surface area contributed by atoms with E-state index in [1.165, 1.54) is 0 Å². The van der Waals surface area contributed by atoms with Gasteiger partial charge in [0.15, 0.2) is 11.8 Å². The van der Waals surface area contributed by atoms with Crippen LogP contribution in [0.5, 0.6) is 0 Å². The first-order valence-electron chi connectivity index (χ1n) is 7.86. The molecule has 0 unspecified atom stereocenters. The molecular weight excluding hydrogens is 361 g/mol. The largest absolute Gasteiger partial charge is 0.382 e. The Bertz CT molecular complexity index is 797. The van der Waals surface area contributed by atoms with Gasteiger partial charge in [-0.3, -0.25) is 4.99 Å². The number of nitrogen functional groups attached to an aromatic ring is 1. The van der Waals surface area contributed by atoms with Crippen LogP contribution in [0.4, 0.5) is 11.6 Å². The third-order valence-electron chi connectivity index (χ3n) is 4.11. The fourth-order valence-corrected chi connectivity index (χ4v) is 3.27. The molecule has 25 heavy (non-hydrogen) atoms. The molecule has 1 saturated heterocycles. The summed E-state index contributed by atoms with van der Waals surface area (Å²) in [7, 11) is 0. The molecule has 7 nitrogen and oxygen atoms in total. The quantitative estimate of drug-likeness (QED) is 0.555. The van der Waals surface area contributed by atoms with Gasteiger partial charge in [0.2, 0.25) is 0 Å². The molecule has 2 aromatic rings. The van der Waals surface area contributed by atoms with Crippen molar-refractivity contribution in [3.05, 3.63) is 34.4 Å². The summed E-state index contributed by atoms with van der Waals surface area (Å²) < 4.78 is 0. The molecule has 0 bridgehead atoms. The predicted molar refractivity (Wildman–Crippen MR) is 103 cm³/mol. The van der Waals surface area contributed by atoms with Crippen LogP contribution < -0.4 is 22.1 Å². The average molecular weight is 380 g/mol. The number of nitrogens with two attached hydrogens (primary N) is 3. The molecule has 1 aliphatic rings. The Labute approximate surface area is 155 Å². The van der Waals surface area contributed by atoms with E-state index in [2.05, 4.69) is 19.9 Å². The number of piperidine rings is 1. The molecule has 1 aromatic carbocycles. The first-order valence-corrected chi connectivity index (χ1v) is 8.62. The van der Waals surface area contributed by atoms with Crippen molar-refractivity contribution in [2.45, 2.75) is 18.9 Å². The first-order chi connectivity index (χ1) is 12.0. The highest BCUT2D eigenvalue weighted by Crippen LogP contribution is 2.35. The molecular formula is C16H19Cl2N7. The number of guanidine groups is 1. The molecule has 0 atom stereocenters. The van der Waals surface area contributed by atoms with Gasteiger partial charge in [0.25, 0.3) is 0 Å². The molecule has 0 saturated carbocycles. The van der Waals surface area contributed by atoms with Crippen molar-refractivity contribution in [1.29, 1.82) is 0 Å². The van der Waals surface area contributed by atoms with Crippen LogP contribution in [0.2, 0.25) is 10.0 Å². The lowest BCUT2D eigenvalue weighted by Gasteiger charge is -2.31. The van der Waals surface area contributed by atoms with Gasteiger partial charge in [0, 0.05) is 18.7 Å². The van der Waals surface area contributed by atoms with Crippen LogP contribution in [0.25, 0.3) is 11.3 Å². The van der Waals surface area contributed by atoms with Crippen molar-refractivity contribution >= 4 is 40.8 Å². The fraction of sp³-hybridized carbons (Fsp3) is 0.312. The molecule has 2 heterocycles. The van der Waals surface area contributed by atoms with Crippen LogP contribution in [0.3, 0.4) is 0 Å². The summed E-state index contributed by atoms with van der Waals surface area (Å²) in [6, 6.07) is 5.48. The Morgan fingerprint density at radius 1 is 1.20 bits per heavy atom. The van der Waals surface area contributed by atoms with E-state index in [0.29, 0.717) is 27.1 Å².